The first kappa shape index (κ1) is 15.1. The molecule has 1 N–H and O–H groups in total. The van der Waals surface area contributed by atoms with E-state index in [0.29, 0.717) is 0 Å². The lowest BCUT2D eigenvalue weighted by Crippen LogP contribution is -2.44. The van der Waals surface area contributed by atoms with Gasteiger partial charge in [-0.3, -0.25) is 10.00 Å². The van der Waals surface area contributed by atoms with E-state index in [9.17, 15) is 5.26 Å². The summed E-state index contributed by atoms with van der Waals surface area (Å²) in [6.45, 7) is 6.72. The van der Waals surface area contributed by atoms with Gasteiger partial charge in [0.05, 0.1) is 6.07 Å². The second-order valence-electron chi connectivity index (χ2n) is 5.14. The van der Waals surface area contributed by atoms with Crippen LogP contribution >= 0.6 is 0 Å². The second-order valence-corrected chi connectivity index (χ2v) is 5.14. The van der Waals surface area contributed by atoms with Crippen molar-refractivity contribution in [3.63, 3.8) is 0 Å². The highest BCUT2D eigenvalue weighted by Gasteiger charge is 2.23. The van der Waals surface area contributed by atoms with Crippen LogP contribution in [-0.2, 0) is 6.54 Å². The Kier molecular flexibility index (Phi) is 5.47. The third-order valence-electron chi connectivity index (χ3n) is 2.80. The van der Waals surface area contributed by atoms with Crippen molar-refractivity contribution in [1.82, 2.24) is 20.1 Å². The summed E-state index contributed by atoms with van der Waals surface area (Å²) in [5, 5.41) is 25.1. The molecule has 0 radical (unpaired) electrons. The third-order valence-corrected chi connectivity index (χ3v) is 2.80. The van der Waals surface area contributed by atoms with Crippen LogP contribution in [0.25, 0.3) is 0 Å². The lowest BCUT2D eigenvalue weighted by atomic mass is 9.95. The van der Waals surface area contributed by atoms with Crippen molar-refractivity contribution in [2.24, 2.45) is 0 Å². The Hall–Kier alpha value is -1.92. The summed E-state index contributed by atoms with van der Waals surface area (Å²) < 4.78 is 1.66. The standard InChI is InChI=1S/C13H20N6/c1-11(2)17-13(3,9-15)6-4-5-7-19-10-16-12(8-14)18-19/h10-11,17H,4-7H2,1-3H3. The van der Waals surface area contributed by atoms with Crippen LogP contribution in [-0.4, -0.2) is 26.3 Å². The van der Waals surface area contributed by atoms with Gasteiger partial charge >= 0.3 is 0 Å². The summed E-state index contributed by atoms with van der Waals surface area (Å²) in [5.41, 5.74) is -0.478. The molecular weight excluding hydrogens is 240 g/mol. The molecule has 1 unspecified atom stereocenters. The minimum Gasteiger partial charge on any atom is -0.297 e. The zero-order chi connectivity index (χ0) is 14.3. The molecule has 1 heterocycles. The molecule has 0 spiro atoms. The molecule has 0 aliphatic rings. The highest BCUT2D eigenvalue weighted by atomic mass is 15.3. The summed E-state index contributed by atoms with van der Waals surface area (Å²) in [5.74, 6) is 0.198. The lowest BCUT2D eigenvalue weighted by molar-refractivity contribution is 0.364. The first-order valence-corrected chi connectivity index (χ1v) is 6.47. The van der Waals surface area contributed by atoms with Crippen molar-refractivity contribution in [2.75, 3.05) is 0 Å². The van der Waals surface area contributed by atoms with E-state index < -0.39 is 5.54 Å². The van der Waals surface area contributed by atoms with Gasteiger partial charge in [0.15, 0.2) is 0 Å². The normalized spacial score (nSPS) is 13.8. The van der Waals surface area contributed by atoms with Crippen molar-refractivity contribution in [2.45, 2.75) is 58.2 Å². The fraction of sp³-hybridized carbons (Fsp3) is 0.692. The summed E-state index contributed by atoms with van der Waals surface area (Å²) in [7, 11) is 0. The van der Waals surface area contributed by atoms with Crippen LogP contribution in [0.1, 0.15) is 45.9 Å². The molecule has 6 heteroatoms. The quantitative estimate of drug-likeness (QED) is 0.752. The average molecular weight is 260 g/mol. The molecule has 0 aliphatic carbocycles. The zero-order valence-electron chi connectivity index (χ0n) is 11.7. The Balaban J connectivity index is 2.34. The second kappa shape index (κ2) is 6.86. The Labute approximate surface area is 114 Å². The van der Waals surface area contributed by atoms with E-state index in [1.807, 2.05) is 26.8 Å². The van der Waals surface area contributed by atoms with Gasteiger partial charge < -0.3 is 0 Å². The topological polar surface area (TPSA) is 90.3 Å². The maximum absolute atomic E-state index is 9.21. The van der Waals surface area contributed by atoms with Crippen LogP contribution in [0, 0.1) is 22.7 Å². The van der Waals surface area contributed by atoms with Crippen LogP contribution in [0.3, 0.4) is 0 Å². The number of nitrogens with one attached hydrogen (secondary N) is 1. The monoisotopic (exact) mass is 260 g/mol. The van der Waals surface area contributed by atoms with Crippen molar-refractivity contribution < 1.29 is 0 Å². The zero-order valence-corrected chi connectivity index (χ0v) is 11.7. The van der Waals surface area contributed by atoms with E-state index in [1.54, 1.807) is 11.0 Å². The lowest BCUT2D eigenvalue weighted by Gasteiger charge is -2.25. The smallest absolute Gasteiger partial charge is 0.252 e. The van der Waals surface area contributed by atoms with Gasteiger partial charge in [-0.15, -0.1) is 5.10 Å². The largest absolute Gasteiger partial charge is 0.297 e. The SMILES string of the molecule is CC(C)NC(C)(C#N)CCCCn1cnc(C#N)n1. The predicted octanol–water partition coefficient (Wildman–Crippen LogP) is 1.60. The summed E-state index contributed by atoms with van der Waals surface area (Å²) in [6, 6.07) is 4.52. The molecular formula is C13H20N6. The number of rotatable bonds is 7. The van der Waals surface area contributed by atoms with E-state index in [-0.39, 0.29) is 11.9 Å². The number of nitrogens with zero attached hydrogens (tertiary/aromatic N) is 5. The molecule has 1 aromatic rings. The van der Waals surface area contributed by atoms with Crippen LogP contribution in [0.5, 0.6) is 0 Å². The molecule has 19 heavy (non-hydrogen) atoms. The Morgan fingerprint density at radius 2 is 2.16 bits per heavy atom. The van der Waals surface area contributed by atoms with E-state index in [2.05, 4.69) is 21.5 Å². The molecule has 0 bridgehead atoms. The number of aromatic nitrogens is 3. The van der Waals surface area contributed by atoms with Crippen LogP contribution in [0.15, 0.2) is 6.33 Å². The van der Waals surface area contributed by atoms with Gasteiger partial charge in [0.25, 0.3) is 5.82 Å². The summed E-state index contributed by atoms with van der Waals surface area (Å²) in [4.78, 5) is 3.84. The average Bonchev–Trinajstić information content (AvgIpc) is 2.82. The maximum Gasteiger partial charge on any atom is 0.252 e. The molecule has 0 amide bonds. The fourth-order valence-electron chi connectivity index (χ4n) is 2.00. The van der Waals surface area contributed by atoms with Crippen molar-refractivity contribution in [3.05, 3.63) is 12.2 Å². The minimum absolute atomic E-state index is 0.198. The Morgan fingerprint density at radius 1 is 1.42 bits per heavy atom. The van der Waals surface area contributed by atoms with E-state index in [4.69, 9.17) is 5.26 Å². The molecule has 1 aromatic heterocycles. The van der Waals surface area contributed by atoms with Gasteiger partial charge in [0.2, 0.25) is 0 Å². The molecule has 0 fully saturated rings. The number of nitriles is 2. The number of aryl methyl sites for hydroxylation is 1. The van der Waals surface area contributed by atoms with Crippen molar-refractivity contribution in [3.8, 4) is 12.1 Å². The Bertz CT molecular complexity index is 478. The van der Waals surface area contributed by atoms with Crippen molar-refractivity contribution >= 4 is 0 Å². The van der Waals surface area contributed by atoms with Gasteiger partial charge in [-0.05, 0) is 40.0 Å². The van der Waals surface area contributed by atoms with Crippen LogP contribution in [0.2, 0.25) is 0 Å². The molecule has 0 aromatic carbocycles. The van der Waals surface area contributed by atoms with E-state index in [0.717, 1.165) is 25.8 Å². The highest BCUT2D eigenvalue weighted by Crippen LogP contribution is 2.14. The molecule has 0 saturated carbocycles. The van der Waals surface area contributed by atoms with E-state index >= 15 is 0 Å². The predicted molar refractivity (Wildman–Crippen MR) is 70.9 cm³/mol. The molecule has 102 valence electrons. The fourth-order valence-corrected chi connectivity index (χ4v) is 2.00. The number of hydrogen-bond donors (Lipinski definition) is 1. The van der Waals surface area contributed by atoms with Gasteiger partial charge in [0.1, 0.15) is 17.9 Å². The van der Waals surface area contributed by atoms with E-state index in [1.165, 1.54) is 0 Å². The van der Waals surface area contributed by atoms with Crippen molar-refractivity contribution in [1.29, 1.82) is 10.5 Å². The number of hydrogen-bond acceptors (Lipinski definition) is 5. The summed E-state index contributed by atoms with van der Waals surface area (Å²) in [6.07, 6.45) is 4.19. The molecule has 0 saturated heterocycles. The minimum atomic E-state index is -0.478. The molecule has 6 nitrogen and oxygen atoms in total. The van der Waals surface area contributed by atoms with Gasteiger partial charge in [0, 0.05) is 12.6 Å². The molecule has 1 atom stereocenters. The van der Waals surface area contributed by atoms with Crippen LogP contribution in [0.4, 0.5) is 0 Å². The Morgan fingerprint density at radius 3 is 2.68 bits per heavy atom. The van der Waals surface area contributed by atoms with Gasteiger partial charge in [-0.2, -0.15) is 10.5 Å². The number of unbranched alkanes of at least 4 members (excludes halogenated alkanes) is 1. The van der Waals surface area contributed by atoms with Crippen LogP contribution < -0.4 is 5.32 Å². The third kappa shape index (κ3) is 5.07. The summed E-state index contributed by atoms with van der Waals surface area (Å²) >= 11 is 0. The first-order chi connectivity index (χ1) is 8.99. The van der Waals surface area contributed by atoms with Gasteiger partial charge in [-0.25, -0.2) is 4.98 Å². The first-order valence-electron chi connectivity index (χ1n) is 6.47. The van der Waals surface area contributed by atoms with Gasteiger partial charge in [-0.1, -0.05) is 0 Å². The maximum atomic E-state index is 9.21. The molecule has 0 aliphatic heterocycles. The highest BCUT2D eigenvalue weighted by molar-refractivity contribution is 5.05. The molecule has 1 rings (SSSR count).